The molecule has 1 saturated carbocycles. The number of aliphatic hydroxyl groups excluding tert-OH is 1. The number of aryl methyl sites for hydroxylation is 1. The summed E-state index contributed by atoms with van der Waals surface area (Å²) in [6.45, 7) is 7.87. The third-order valence-corrected chi connectivity index (χ3v) is 4.54. The van der Waals surface area contributed by atoms with E-state index in [2.05, 4.69) is 23.9 Å². The van der Waals surface area contributed by atoms with Gasteiger partial charge in [0, 0.05) is 19.6 Å². The Morgan fingerprint density at radius 3 is 3.00 bits per heavy atom. The molecule has 1 aromatic heterocycles. The maximum absolute atomic E-state index is 10.8. The monoisotopic (exact) mass is 295 g/mol. The van der Waals surface area contributed by atoms with Crippen LogP contribution in [0.4, 0.5) is 0 Å². The Balaban J connectivity index is 2.11. The van der Waals surface area contributed by atoms with Crippen LogP contribution in [-0.2, 0) is 17.7 Å². The van der Waals surface area contributed by atoms with Crippen molar-refractivity contribution in [2.24, 2.45) is 5.92 Å². The molecule has 0 aliphatic heterocycles. The van der Waals surface area contributed by atoms with Crippen LogP contribution in [0.15, 0.2) is 6.33 Å². The van der Waals surface area contributed by atoms with E-state index in [1.54, 1.807) is 6.33 Å². The Kier molecular flexibility index (Phi) is 5.76. The zero-order chi connectivity index (χ0) is 15.3. The second-order valence-electron chi connectivity index (χ2n) is 6.32. The summed E-state index contributed by atoms with van der Waals surface area (Å²) in [5, 5.41) is 15.1. The SMILES string of the molecule is CCCn1ncnc1CC(O)C1(OCC)CCCC(C)C1. The summed E-state index contributed by atoms with van der Waals surface area (Å²) in [6, 6.07) is 0. The van der Waals surface area contributed by atoms with Gasteiger partial charge >= 0.3 is 0 Å². The Hall–Kier alpha value is -0.940. The molecule has 5 heteroatoms. The van der Waals surface area contributed by atoms with Gasteiger partial charge in [-0.05, 0) is 32.1 Å². The summed E-state index contributed by atoms with van der Waals surface area (Å²) >= 11 is 0. The topological polar surface area (TPSA) is 60.2 Å². The van der Waals surface area contributed by atoms with E-state index >= 15 is 0 Å². The molecule has 0 spiro atoms. The lowest BCUT2D eigenvalue weighted by Crippen LogP contribution is -2.49. The molecule has 1 fully saturated rings. The number of rotatable bonds is 7. The van der Waals surface area contributed by atoms with Gasteiger partial charge in [0.1, 0.15) is 12.2 Å². The van der Waals surface area contributed by atoms with Crippen LogP contribution in [0.25, 0.3) is 0 Å². The van der Waals surface area contributed by atoms with Crippen molar-refractivity contribution >= 4 is 0 Å². The maximum Gasteiger partial charge on any atom is 0.138 e. The van der Waals surface area contributed by atoms with Crippen LogP contribution in [0.3, 0.4) is 0 Å². The average Bonchev–Trinajstić information content (AvgIpc) is 2.87. The van der Waals surface area contributed by atoms with E-state index in [9.17, 15) is 5.11 Å². The molecule has 0 bridgehead atoms. The van der Waals surface area contributed by atoms with Gasteiger partial charge in [0.2, 0.25) is 0 Å². The van der Waals surface area contributed by atoms with Crippen LogP contribution in [-0.4, -0.2) is 38.2 Å². The fourth-order valence-corrected chi connectivity index (χ4v) is 3.56. The van der Waals surface area contributed by atoms with Crippen molar-refractivity contribution in [1.29, 1.82) is 0 Å². The van der Waals surface area contributed by atoms with Crippen LogP contribution in [0.1, 0.15) is 58.7 Å². The molecule has 5 nitrogen and oxygen atoms in total. The molecule has 1 heterocycles. The Labute approximate surface area is 127 Å². The van der Waals surface area contributed by atoms with E-state index in [4.69, 9.17) is 4.74 Å². The molecule has 1 N–H and O–H groups in total. The first-order chi connectivity index (χ1) is 10.1. The van der Waals surface area contributed by atoms with Gasteiger partial charge in [-0.25, -0.2) is 4.98 Å². The van der Waals surface area contributed by atoms with E-state index in [0.29, 0.717) is 18.9 Å². The summed E-state index contributed by atoms with van der Waals surface area (Å²) in [6.07, 6.45) is 6.83. The van der Waals surface area contributed by atoms with Crippen molar-refractivity contribution in [3.05, 3.63) is 12.2 Å². The van der Waals surface area contributed by atoms with E-state index < -0.39 is 11.7 Å². The molecule has 21 heavy (non-hydrogen) atoms. The van der Waals surface area contributed by atoms with Crippen LogP contribution in [0, 0.1) is 5.92 Å². The molecule has 0 amide bonds. The normalized spacial score (nSPS) is 27.7. The second-order valence-corrected chi connectivity index (χ2v) is 6.32. The average molecular weight is 295 g/mol. The molecule has 0 saturated heterocycles. The predicted octanol–water partition coefficient (Wildman–Crippen LogP) is 2.58. The van der Waals surface area contributed by atoms with Crippen LogP contribution in [0.2, 0.25) is 0 Å². The summed E-state index contributed by atoms with van der Waals surface area (Å²) in [4.78, 5) is 4.32. The number of ether oxygens (including phenoxy) is 1. The number of hydrogen-bond acceptors (Lipinski definition) is 4. The van der Waals surface area contributed by atoms with Crippen molar-refractivity contribution in [3.8, 4) is 0 Å². The third-order valence-electron chi connectivity index (χ3n) is 4.54. The molecule has 0 aromatic carbocycles. The van der Waals surface area contributed by atoms with Gasteiger partial charge in [0.25, 0.3) is 0 Å². The Bertz CT molecular complexity index is 431. The predicted molar refractivity (Wildman–Crippen MR) is 82.0 cm³/mol. The molecule has 3 atom stereocenters. The number of aliphatic hydroxyl groups is 1. The van der Waals surface area contributed by atoms with E-state index in [1.165, 1.54) is 6.42 Å². The van der Waals surface area contributed by atoms with Crippen molar-refractivity contribution in [2.75, 3.05) is 6.61 Å². The quantitative estimate of drug-likeness (QED) is 0.840. The van der Waals surface area contributed by atoms with Crippen molar-refractivity contribution in [3.63, 3.8) is 0 Å². The van der Waals surface area contributed by atoms with Crippen molar-refractivity contribution in [1.82, 2.24) is 14.8 Å². The van der Waals surface area contributed by atoms with Gasteiger partial charge in [0.15, 0.2) is 0 Å². The molecule has 120 valence electrons. The highest BCUT2D eigenvalue weighted by Crippen LogP contribution is 2.38. The van der Waals surface area contributed by atoms with Crippen LogP contribution >= 0.6 is 0 Å². The fourth-order valence-electron chi connectivity index (χ4n) is 3.56. The van der Waals surface area contributed by atoms with E-state index in [1.807, 2.05) is 11.6 Å². The highest BCUT2D eigenvalue weighted by molar-refractivity contribution is 4.99. The fraction of sp³-hybridized carbons (Fsp3) is 0.875. The zero-order valence-electron chi connectivity index (χ0n) is 13.6. The van der Waals surface area contributed by atoms with Gasteiger partial charge < -0.3 is 9.84 Å². The van der Waals surface area contributed by atoms with Crippen molar-refractivity contribution in [2.45, 2.75) is 77.5 Å². The summed E-state index contributed by atoms with van der Waals surface area (Å²) in [5.74, 6) is 1.47. The van der Waals surface area contributed by atoms with Gasteiger partial charge in [-0.1, -0.05) is 26.7 Å². The minimum absolute atomic E-state index is 0.407. The third kappa shape index (κ3) is 3.83. The van der Waals surface area contributed by atoms with Gasteiger partial charge in [-0.3, -0.25) is 4.68 Å². The molecule has 0 radical (unpaired) electrons. The molecule has 3 unspecified atom stereocenters. The highest BCUT2D eigenvalue weighted by atomic mass is 16.5. The standard InChI is InChI=1S/C16H29N3O2/c1-4-9-19-15(17-12-18-19)10-14(20)16(21-5-2)8-6-7-13(3)11-16/h12-14,20H,4-11H2,1-3H3. The number of hydrogen-bond donors (Lipinski definition) is 1. The van der Waals surface area contributed by atoms with E-state index in [-0.39, 0.29) is 0 Å². The van der Waals surface area contributed by atoms with Crippen molar-refractivity contribution < 1.29 is 9.84 Å². The molecule has 1 aliphatic rings. The van der Waals surface area contributed by atoms with E-state index in [0.717, 1.165) is 38.1 Å². The highest BCUT2D eigenvalue weighted by Gasteiger charge is 2.42. The minimum Gasteiger partial charge on any atom is -0.390 e. The van der Waals surface area contributed by atoms with Gasteiger partial charge in [0.05, 0.1) is 11.7 Å². The smallest absolute Gasteiger partial charge is 0.138 e. The molecule has 2 rings (SSSR count). The Morgan fingerprint density at radius 1 is 1.52 bits per heavy atom. The number of aromatic nitrogens is 3. The molecular weight excluding hydrogens is 266 g/mol. The van der Waals surface area contributed by atoms with Crippen LogP contribution < -0.4 is 0 Å². The lowest BCUT2D eigenvalue weighted by Gasteiger charge is -2.43. The Morgan fingerprint density at radius 2 is 2.33 bits per heavy atom. The maximum atomic E-state index is 10.8. The lowest BCUT2D eigenvalue weighted by molar-refractivity contribution is -0.147. The van der Waals surface area contributed by atoms with Gasteiger partial charge in [-0.2, -0.15) is 5.10 Å². The van der Waals surface area contributed by atoms with Crippen LogP contribution in [0.5, 0.6) is 0 Å². The summed E-state index contributed by atoms with van der Waals surface area (Å²) in [7, 11) is 0. The first kappa shape index (κ1) is 16.4. The number of nitrogens with zero attached hydrogens (tertiary/aromatic N) is 3. The second kappa shape index (κ2) is 7.36. The zero-order valence-corrected chi connectivity index (χ0v) is 13.6. The first-order valence-corrected chi connectivity index (χ1v) is 8.30. The lowest BCUT2D eigenvalue weighted by atomic mass is 9.74. The molecule has 1 aromatic rings. The largest absolute Gasteiger partial charge is 0.390 e. The van der Waals surface area contributed by atoms with Gasteiger partial charge in [-0.15, -0.1) is 0 Å². The first-order valence-electron chi connectivity index (χ1n) is 8.30. The molecular formula is C16H29N3O2. The minimum atomic E-state index is -0.514. The molecule has 1 aliphatic carbocycles. The summed E-state index contributed by atoms with van der Waals surface area (Å²) < 4.78 is 7.94. The summed E-state index contributed by atoms with van der Waals surface area (Å²) in [5.41, 5.74) is -0.407.